The summed E-state index contributed by atoms with van der Waals surface area (Å²) in [4.78, 5) is 16.1. The number of carbonyl (C=O) groups excluding carboxylic acids is 1. The maximum Gasteiger partial charge on any atom is 0.416 e. The Kier molecular flexibility index (Phi) is 5.22. The molecule has 27 heavy (non-hydrogen) atoms. The van der Waals surface area contributed by atoms with Crippen LogP contribution in [0.2, 0.25) is 0 Å². The van der Waals surface area contributed by atoms with Crippen LogP contribution in [0.1, 0.15) is 28.1 Å². The third-order valence-electron chi connectivity index (χ3n) is 5.16. The van der Waals surface area contributed by atoms with Crippen molar-refractivity contribution in [2.75, 3.05) is 19.6 Å². The molecule has 3 fully saturated rings. The molecule has 2 bridgehead atoms. The fourth-order valence-corrected chi connectivity index (χ4v) is 5.78. The molecule has 8 heteroatoms. The van der Waals surface area contributed by atoms with Crippen LogP contribution in [0, 0.1) is 5.92 Å². The number of hydrogen-bond donors (Lipinski definition) is 1. The van der Waals surface area contributed by atoms with Gasteiger partial charge in [-0.1, -0.05) is 17.8 Å². The number of amides is 1. The number of benzene rings is 1. The topological polar surface area (TPSA) is 32.3 Å². The Balaban J connectivity index is 1.40. The number of rotatable bonds is 4. The molecule has 0 spiro atoms. The van der Waals surface area contributed by atoms with E-state index in [0.29, 0.717) is 15.7 Å². The zero-order valence-electron chi connectivity index (χ0n) is 14.5. The Hall–Kier alpha value is -1.51. The Bertz CT molecular complexity index is 828. The fraction of sp³-hybridized carbons (Fsp3) is 0.421. The van der Waals surface area contributed by atoms with Gasteiger partial charge in [0.2, 0.25) is 0 Å². The van der Waals surface area contributed by atoms with Gasteiger partial charge in [0, 0.05) is 17.5 Å². The van der Waals surface area contributed by atoms with Crippen LogP contribution in [-0.4, -0.2) is 36.5 Å². The predicted molar refractivity (Wildman–Crippen MR) is 100 cm³/mol. The van der Waals surface area contributed by atoms with Crippen molar-refractivity contribution in [2.24, 2.45) is 5.92 Å². The van der Waals surface area contributed by atoms with Crippen LogP contribution < -0.4 is 5.32 Å². The van der Waals surface area contributed by atoms with Crippen molar-refractivity contribution in [3.05, 3.63) is 46.8 Å². The van der Waals surface area contributed by atoms with Gasteiger partial charge in [0.05, 0.1) is 14.6 Å². The summed E-state index contributed by atoms with van der Waals surface area (Å²) in [5, 5.41) is 3.14. The molecule has 4 heterocycles. The van der Waals surface area contributed by atoms with E-state index in [9.17, 15) is 18.0 Å². The highest BCUT2D eigenvalue weighted by Crippen LogP contribution is 2.37. The number of carbonyl (C=O) groups is 1. The van der Waals surface area contributed by atoms with Gasteiger partial charge in [-0.05, 0) is 62.2 Å². The van der Waals surface area contributed by atoms with Crippen LogP contribution in [0.4, 0.5) is 13.2 Å². The van der Waals surface area contributed by atoms with Gasteiger partial charge < -0.3 is 10.2 Å². The minimum atomic E-state index is -4.35. The van der Waals surface area contributed by atoms with Gasteiger partial charge in [-0.25, -0.2) is 0 Å². The number of nitrogens with zero attached hydrogens (tertiary/aromatic N) is 1. The molecule has 3 nitrogen and oxygen atoms in total. The van der Waals surface area contributed by atoms with Gasteiger partial charge in [0.25, 0.3) is 5.91 Å². The minimum absolute atomic E-state index is 0.0883. The monoisotopic (exact) mass is 412 g/mol. The second kappa shape index (κ2) is 7.48. The van der Waals surface area contributed by atoms with Gasteiger partial charge in [-0.15, -0.1) is 11.3 Å². The maximum atomic E-state index is 12.8. The number of fused-ring (bicyclic) bond motifs is 3. The summed E-state index contributed by atoms with van der Waals surface area (Å²) in [6, 6.07) is 8.98. The standard InChI is InChI=1S/C19H19F3N2OS2/c20-19(21,22)13-2-1-3-14(10-13)26-17-5-4-16(27-17)18(25)23-15-11-24-8-6-12(15)7-9-24/h1-5,10,12,15H,6-9,11H2,(H,23,25). The van der Waals surface area contributed by atoms with Crippen LogP contribution in [0.15, 0.2) is 45.5 Å². The summed E-state index contributed by atoms with van der Waals surface area (Å²) < 4.78 is 39.3. The largest absolute Gasteiger partial charge is 0.416 e. The van der Waals surface area contributed by atoms with E-state index in [1.807, 2.05) is 0 Å². The summed E-state index contributed by atoms with van der Waals surface area (Å²) in [5.74, 6) is 0.465. The zero-order valence-corrected chi connectivity index (χ0v) is 16.1. The smallest absolute Gasteiger partial charge is 0.347 e. The van der Waals surface area contributed by atoms with Crippen molar-refractivity contribution in [1.29, 1.82) is 0 Å². The first-order valence-corrected chi connectivity index (χ1v) is 10.5. The third-order valence-corrected chi connectivity index (χ3v) is 7.36. The molecule has 0 radical (unpaired) electrons. The predicted octanol–water partition coefficient (Wildman–Crippen LogP) is 4.74. The molecule has 5 rings (SSSR count). The number of nitrogens with one attached hydrogen (secondary N) is 1. The molecule has 144 valence electrons. The second-order valence-corrected chi connectivity index (χ2v) is 9.42. The highest BCUT2D eigenvalue weighted by Gasteiger charge is 2.35. The van der Waals surface area contributed by atoms with E-state index in [0.717, 1.165) is 48.8 Å². The Morgan fingerprint density at radius 3 is 2.63 bits per heavy atom. The molecule has 3 aliphatic heterocycles. The van der Waals surface area contributed by atoms with Gasteiger partial charge in [0.1, 0.15) is 0 Å². The van der Waals surface area contributed by atoms with Crippen LogP contribution in [-0.2, 0) is 6.18 Å². The van der Waals surface area contributed by atoms with Crippen molar-refractivity contribution < 1.29 is 18.0 Å². The SMILES string of the molecule is O=C(NC1CN2CCC1CC2)c1ccc(Sc2cccc(C(F)(F)F)c2)s1. The van der Waals surface area contributed by atoms with Crippen LogP contribution in [0.5, 0.6) is 0 Å². The summed E-state index contributed by atoms with van der Waals surface area (Å²) in [6.07, 6.45) is -2.09. The van der Waals surface area contributed by atoms with Crippen LogP contribution in [0.3, 0.4) is 0 Å². The highest BCUT2D eigenvalue weighted by atomic mass is 32.2. The summed E-state index contributed by atoms with van der Waals surface area (Å²) in [6.45, 7) is 3.15. The van der Waals surface area contributed by atoms with Crippen LogP contribution >= 0.6 is 23.1 Å². The summed E-state index contributed by atoms with van der Waals surface area (Å²) in [7, 11) is 0. The molecule has 0 aliphatic carbocycles. The first-order valence-electron chi connectivity index (χ1n) is 8.87. The Labute approximate surface area is 163 Å². The van der Waals surface area contributed by atoms with Gasteiger partial charge >= 0.3 is 6.18 Å². The highest BCUT2D eigenvalue weighted by molar-refractivity contribution is 8.01. The molecule has 2 aromatic rings. The quantitative estimate of drug-likeness (QED) is 0.787. The average Bonchev–Trinajstić information content (AvgIpc) is 3.11. The second-order valence-electron chi connectivity index (χ2n) is 6.96. The van der Waals surface area contributed by atoms with Crippen LogP contribution in [0.25, 0.3) is 0 Å². The van der Waals surface area contributed by atoms with Crippen molar-refractivity contribution in [2.45, 2.75) is 34.2 Å². The molecule has 1 N–H and O–H groups in total. The molecule has 1 aromatic carbocycles. The molecule has 1 atom stereocenters. The lowest BCUT2D eigenvalue weighted by Gasteiger charge is -2.44. The van der Waals surface area contributed by atoms with Gasteiger partial charge in [-0.3, -0.25) is 4.79 Å². The van der Waals surface area contributed by atoms with E-state index in [1.54, 1.807) is 18.2 Å². The van der Waals surface area contributed by atoms with Crippen molar-refractivity contribution in [3.63, 3.8) is 0 Å². The first kappa shape index (κ1) is 18.8. The third kappa shape index (κ3) is 4.33. The number of alkyl halides is 3. The molecular formula is C19H19F3N2OS2. The number of hydrogen-bond acceptors (Lipinski definition) is 4. The van der Waals surface area contributed by atoms with E-state index in [4.69, 9.17) is 0 Å². The van der Waals surface area contributed by atoms with Gasteiger partial charge in [0.15, 0.2) is 0 Å². The molecule has 0 saturated carbocycles. The lowest BCUT2D eigenvalue weighted by Crippen LogP contribution is -2.57. The number of thiophene rings is 1. The molecule has 1 amide bonds. The summed E-state index contributed by atoms with van der Waals surface area (Å²) in [5.41, 5.74) is -0.663. The molecule has 1 aromatic heterocycles. The number of halogens is 3. The van der Waals surface area contributed by atoms with Gasteiger partial charge in [-0.2, -0.15) is 13.2 Å². The van der Waals surface area contributed by atoms with E-state index < -0.39 is 11.7 Å². The Morgan fingerprint density at radius 1 is 1.19 bits per heavy atom. The van der Waals surface area contributed by atoms with Crippen molar-refractivity contribution in [1.82, 2.24) is 10.2 Å². The minimum Gasteiger partial charge on any atom is -0.347 e. The molecular weight excluding hydrogens is 393 g/mol. The van der Waals surface area contributed by atoms with E-state index in [2.05, 4.69) is 10.2 Å². The maximum absolute atomic E-state index is 12.8. The Morgan fingerprint density at radius 2 is 1.96 bits per heavy atom. The van der Waals surface area contributed by atoms with E-state index in [1.165, 1.54) is 29.2 Å². The summed E-state index contributed by atoms with van der Waals surface area (Å²) >= 11 is 2.56. The average molecular weight is 413 g/mol. The van der Waals surface area contributed by atoms with Crippen molar-refractivity contribution in [3.8, 4) is 0 Å². The first-order chi connectivity index (χ1) is 12.9. The van der Waals surface area contributed by atoms with Crippen molar-refractivity contribution >= 4 is 29.0 Å². The molecule has 3 saturated heterocycles. The normalized spacial score (nSPS) is 24.8. The number of piperidine rings is 3. The molecule has 3 aliphatic rings. The fourth-order valence-electron chi connectivity index (χ4n) is 3.72. The lowest BCUT2D eigenvalue weighted by molar-refractivity contribution is -0.137. The molecule has 1 unspecified atom stereocenters. The lowest BCUT2D eigenvalue weighted by atomic mass is 9.84. The van der Waals surface area contributed by atoms with E-state index in [-0.39, 0.29) is 11.9 Å². The zero-order chi connectivity index (χ0) is 19.0. The van der Waals surface area contributed by atoms with E-state index >= 15 is 0 Å².